The molecule has 8 heteroatoms. The Morgan fingerprint density at radius 1 is 1.19 bits per heavy atom. The van der Waals surface area contributed by atoms with Gasteiger partial charge in [0.15, 0.2) is 12.5 Å². The smallest absolute Gasteiger partial charge is 0.351 e. The number of nitrogens with zero attached hydrogens (tertiary/aromatic N) is 2. The van der Waals surface area contributed by atoms with Crippen LogP contribution in [0.5, 0.6) is 0 Å². The zero-order valence-corrected chi connectivity index (χ0v) is 18.8. The van der Waals surface area contributed by atoms with Crippen LogP contribution in [0.25, 0.3) is 0 Å². The van der Waals surface area contributed by atoms with Gasteiger partial charge in [-0.15, -0.1) is 0 Å². The summed E-state index contributed by atoms with van der Waals surface area (Å²) < 4.78 is 11.9. The second-order valence-electron chi connectivity index (χ2n) is 8.78. The van der Waals surface area contributed by atoms with Crippen molar-refractivity contribution < 1.29 is 19.4 Å². The van der Waals surface area contributed by atoms with Crippen molar-refractivity contribution in [2.75, 3.05) is 18.5 Å². The van der Waals surface area contributed by atoms with Crippen LogP contribution in [0.2, 0.25) is 0 Å². The summed E-state index contributed by atoms with van der Waals surface area (Å²) in [6, 6.07) is 12.0. The van der Waals surface area contributed by atoms with Gasteiger partial charge < -0.3 is 19.9 Å². The number of rotatable bonds is 11. The highest BCUT2D eigenvalue weighted by molar-refractivity contribution is 5.93. The largest absolute Gasteiger partial charge is 0.391 e. The third kappa shape index (κ3) is 6.72. The van der Waals surface area contributed by atoms with E-state index in [-0.39, 0.29) is 24.9 Å². The van der Waals surface area contributed by atoms with Gasteiger partial charge in [0.05, 0.1) is 13.2 Å². The standard InChI is InChI=1S/C24H33N3O5/c1-24(2,14-9-4-3-6-10-18-11-7-5-8-12-18)22(29)25-19-13-15-27(23(30)26-19)20-17-31-21(16-28)32-20/h5,7-8,11-13,15,20-21,28H,3-4,6,9-10,14,16-17H2,1-2H3,(H,25,26,29,30). The molecule has 2 heterocycles. The van der Waals surface area contributed by atoms with Crippen LogP contribution in [0.4, 0.5) is 5.82 Å². The first-order chi connectivity index (χ1) is 15.4. The number of aromatic nitrogens is 2. The van der Waals surface area contributed by atoms with E-state index < -0.39 is 23.6 Å². The molecule has 1 amide bonds. The van der Waals surface area contributed by atoms with Crippen molar-refractivity contribution in [1.29, 1.82) is 0 Å². The Hall–Kier alpha value is -2.55. The fraction of sp³-hybridized carbons (Fsp3) is 0.542. The maximum Gasteiger partial charge on any atom is 0.351 e. The minimum absolute atomic E-state index is 0.150. The first kappa shape index (κ1) is 24.1. The first-order valence-corrected chi connectivity index (χ1v) is 11.2. The minimum Gasteiger partial charge on any atom is -0.391 e. The average molecular weight is 444 g/mol. The number of anilines is 1. The molecule has 1 aliphatic rings. The fourth-order valence-corrected chi connectivity index (χ4v) is 3.68. The van der Waals surface area contributed by atoms with E-state index in [0.717, 1.165) is 38.5 Å². The Bertz CT molecular complexity index is 929. The molecule has 2 N–H and O–H groups in total. The van der Waals surface area contributed by atoms with Gasteiger partial charge in [0.1, 0.15) is 5.82 Å². The lowest BCUT2D eigenvalue weighted by Crippen LogP contribution is -2.33. The highest BCUT2D eigenvalue weighted by Crippen LogP contribution is 2.26. The third-order valence-electron chi connectivity index (χ3n) is 5.74. The molecule has 0 aliphatic carbocycles. The molecule has 2 unspecified atom stereocenters. The van der Waals surface area contributed by atoms with E-state index in [9.17, 15) is 9.59 Å². The normalized spacial score (nSPS) is 18.6. The molecule has 174 valence electrons. The highest BCUT2D eigenvalue weighted by Gasteiger charge is 2.29. The summed E-state index contributed by atoms with van der Waals surface area (Å²) in [5.41, 5.74) is 0.250. The summed E-state index contributed by atoms with van der Waals surface area (Å²) in [6.45, 7) is 3.68. The zero-order chi connectivity index (χ0) is 23.0. The number of aliphatic hydroxyl groups excluding tert-OH is 1. The number of aliphatic hydroxyl groups is 1. The molecule has 3 rings (SSSR count). The van der Waals surface area contributed by atoms with Crippen molar-refractivity contribution in [3.63, 3.8) is 0 Å². The Labute approximate surface area is 188 Å². The van der Waals surface area contributed by atoms with Crippen molar-refractivity contribution in [2.45, 2.75) is 64.9 Å². The molecule has 0 bridgehead atoms. The van der Waals surface area contributed by atoms with Crippen LogP contribution < -0.4 is 11.0 Å². The SMILES string of the molecule is CC(C)(CCCCCCc1ccccc1)C(=O)Nc1ccn(C2COC(CO)O2)c(=O)n1. The van der Waals surface area contributed by atoms with Crippen LogP contribution in [-0.2, 0) is 20.7 Å². The molecule has 2 aromatic rings. The number of aryl methyl sites for hydroxylation is 1. The number of hydrogen-bond donors (Lipinski definition) is 2. The van der Waals surface area contributed by atoms with Gasteiger partial charge in [-0.05, 0) is 30.9 Å². The Morgan fingerprint density at radius 2 is 1.94 bits per heavy atom. The second kappa shape index (κ2) is 11.4. The van der Waals surface area contributed by atoms with Gasteiger partial charge in [-0.3, -0.25) is 9.36 Å². The summed E-state index contributed by atoms with van der Waals surface area (Å²) in [4.78, 5) is 29.0. The highest BCUT2D eigenvalue weighted by atomic mass is 16.7. The topological polar surface area (TPSA) is 103 Å². The summed E-state index contributed by atoms with van der Waals surface area (Å²) in [5.74, 6) is 0.0528. The molecule has 1 aliphatic heterocycles. The Morgan fingerprint density at radius 3 is 2.62 bits per heavy atom. The molecular formula is C24H33N3O5. The molecule has 1 aromatic carbocycles. The van der Waals surface area contributed by atoms with Gasteiger partial charge in [0.25, 0.3) is 0 Å². The molecule has 1 saturated heterocycles. The number of carbonyl (C=O) groups excluding carboxylic acids is 1. The van der Waals surface area contributed by atoms with Gasteiger partial charge >= 0.3 is 5.69 Å². The first-order valence-electron chi connectivity index (χ1n) is 11.2. The Kier molecular flexibility index (Phi) is 8.55. The lowest BCUT2D eigenvalue weighted by molar-refractivity contribution is -0.124. The number of carbonyl (C=O) groups is 1. The van der Waals surface area contributed by atoms with Crippen molar-refractivity contribution in [1.82, 2.24) is 9.55 Å². The quantitative estimate of drug-likeness (QED) is 0.517. The van der Waals surface area contributed by atoms with Crippen molar-refractivity contribution in [2.24, 2.45) is 5.41 Å². The number of nitrogens with one attached hydrogen (secondary N) is 1. The summed E-state index contributed by atoms with van der Waals surface area (Å²) in [7, 11) is 0. The van der Waals surface area contributed by atoms with E-state index in [2.05, 4.69) is 34.6 Å². The second-order valence-corrected chi connectivity index (χ2v) is 8.78. The number of benzene rings is 1. The molecule has 2 atom stereocenters. The van der Waals surface area contributed by atoms with Crippen LogP contribution in [0, 0.1) is 5.41 Å². The van der Waals surface area contributed by atoms with Gasteiger partial charge in [0.2, 0.25) is 5.91 Å². The molecule has 1 fully saturated rings. The minimum atomic E-state index is -0.745. The fourth-order valence-electron chi connectivity index (χ4n) is 3.68. The average Bonchev–Trinajstić information content (AvgIpc) is 3.26. The zero-order valence-electron chi connectivity index (χ0n) is 18.8. The maximum absolute atomic E-state index is 12.7. The number of hydrogen-bond acceptors (Lipinski definition) is 6. The molecule has 8 nitrogen and oxygen atoms in total. The van der Waals surface area contributed by atoms with Crippen molar-refractivity contribution in [3.8, 4) is 0 Å². The van der Waals surface area contributed by atoms with E-state index in [1.807, 2.05) is 19.9 Å². The Balaban J connectivity index is 1.42. The molecule has 0 radical (unpaired) electrons. The molecule has 32 heavy (non-hydrogen) atoms. The summed E-state index contributed by atoms with van der Waals surface area (Å²) in [5, 5.41) is 11.8. The predicted molar refractivity (Wildman–Crippen MR) is 121 cm³/mol. The number of unbranched alkanes of at least 4 members (excludes halogenated alkanes) is 3. The number of amides is 1. The van der Waals surface area contributed by atoms with Crippen LogP contribution in [-0.4, -0.2) is 40.1 Å². The van der Waals surface area contributed by atoms with E-state index in [1.165, 1.54) is 16.3 Å². The predicted octanol–water partition coefficient (Wildman–Crippen LogP) is 3.27. The molecule has 1 aromatic heterocycles. The van der Waals surface area contributed by atoms with E-state index in [0.29, 0.717) is 0 Å². The van der Waals surface area contributed by atoms with Crippen LogP contribution in [0.15, 0.2) is 47.4 Å². The lowest BCUT2D eigenvalue weighted by Gasteiger charge is -2.23. The van der Waals surface area contributed by atoms with Crippen LogP contribution in [0.1, 0.15) is 57.7 Å². The van der Waals surface area contributed by atoms with Gasteiger partial charge in [-0.2, -0.15) is 4.98 Å². The van der Waals surface area contributed by atoms with E-state index in [1.54, 1.807) is 6.07 Å². The summed E-state index contributed by atoms with van der Waals surface area (Å²) >= 11 is 0. The number of ether oxygens (including phenoxy) is 2. The lowest BCUT2D eigenvalue weighted by atomic mass is 9.85. The molecule has 0 saturated carbocycles. The van der Waals surface area contributed by atoms with Gasteiger partial charge in [-0.1, -0.05) is 63.4 Å². The monoisotopic (exact) mass is 443 g/mol. The van der Waals surface area contributed by atoms with E-state index in [4.69, 9.17) is 14.6 Å². The van der Waals surface area contributed by atoms with Crippen molar-refractivity contribution in [3.05, 3.63) is 58.6 Å². The van der Waals surface area contributed by atoms with Crippen molar-refractivity contribution >= 4 is 11.7 Å². The van der Waals surface area contributed by atoms with Crippen LogP contribution in [0.3, 0.4) is 0 Å². The molecular weight excluding hydrogens is 410 g/mol. The van der Waals surface area contributed by atoms with Gasteiger partial charge in [-0.25, -0.2) is 4.79 Å². The van der Waals surface area contributed by atoms with Crippen LogP contribution >= 0.6 is 0 Å². The van der Waals surface area contributed by atoms with Gasteiger partial charge in [0, 0.05) is 11.6 Å². The summed E-state index contributed by atoms with van der Waals surface area (Å²) in [6.07, 6.45) is 6.30. The van der Waals surface area contributed by atoms with E-state index >= 15 is 0 Å². The maximum atomic E-state index is 12.7. The third-order valence-corrected chi connectivity index (χ3v) is 5.74. The molecule has 0 spiro atoms.